The Morgan fingerprint density at radius 3 is 2.57 bits per heavy atom. The first kappa shape index (κ1) is 16.4. The lowest BCUT2D eigenvalue weighted by atomic mass is 9.95. The van der Waals surface area contributed by atoms with Crippen molar-refractivity contribution >= 4 is 39.1 Å². The van der Waals surface area contributed by atoms with Crippen LogP contribution in [0.1, 0.15) is 35.3 Å². The summed E-state index contributed by atoms with van der Waals surface area (Å²) in [5.41, 5.74) is -2.17. The van der Waals surface area contributed by atoms with Gasteiger partial charge in [-0.05, 0) is 32.9 Å². The number of rotatable bonds is 3. The highest BCUT2D eigenvalue weighted by atomic mass is 79.9. The van der Waals surface area contributed by atoms with Crippen molar-refractivity contribution in [3.63, 3.8) is 0 Å². The molecule has 1 aliphatic heterocycles. The molecule has 0 saturated carbocycles. The number of alkyl halides is 2. The molecule has 0 bridgehead atoms. The van der Waals surface area contributed by atoms with Gasteiger partial charge in [-0.15, -0.1) is 11.3 Å². The Morgan fingerprint density at radius 1 is 1.43 bits per heavy atom. The molecule has 116 valence electrons. The second-order valence-electron chi connectivity index (χ2n) is 6.02. The second-order valence-corrected chi connectivity index (χ2v) is 7.67. The zero-order chi connectivity index (χ0) is 15.8. The number of Topliss-reactive ketones (excluding diaryl/α,β-unsaturated/α-hetero) is 1. The first-order valence-electron chi connectivity index (χ1n) is 6.51. The van der Waals surface area contributed by atoms with Crippen LogP contribution >= 0.6 is 27.3 Å². The number of thiophene rings is 1. The number of carbonyl (C=O) groups excluding carboxylic acids is 2. The Bertz CT molecular complexity index is 561. The zero-order valence-electron chi connectivity index (χ0n) is 12.1. The van der Waals surface area contributed by atoms with Crippen LogP contribution in [-0.4, -0.2) is 40.8 Å². The van der Waals surface area contributed by atoms with Crippen molar-refractivity contribution in [2.75, 3.05) is 18.4 Å². The quantitative estimate of drug-likeness (QED) is 0.595. The van der Waals surface area contributed by atoms with E-state index in [1.165, 1.54) is 4.90 Å². The number of hydrogen-bond donors (Lipinski definition) is 0. The molecule has 0 radical (unpaired) electrons. The van der Waals surface area contributed by atoms with Crippen molar-refractivity contribution in [1.82, 2.24) is 4.90 Å². The highest BCUT2D eigenvalue weighted by Crippen LogP contribution is 2.40. The van der Waals surface area contributed by atoms with Crippen LogP contribution in [0.5, 0.6) is 0 Å². The highest BCUT2D eigenvalue weighted by Gasteiger charge is 2.49. The summed E-state index contributed by atoms with van der Waals surface area (Å²) in [6, 6.07) is 3.24. The summed E-state index contributed by atoms with van der Waals surface area (Å²) < 4.78 is 19.9. The minimum absolute atomic E-state index is 0.0373. The number of carbonyl (C=O) groups is 2. The smallest absolute Gasteiger partial charge is 0.410 e. The summed E-state index contributed by atoms with van der Waals surface area (Å²) in [5, 5.41) is 0.219. The van der Waals surface area contributed by atoms with E-state index in [9.17, 15) is 14.0 Å². The number of hydrogen-bond acceptors (Lipinski definition) is 4. The molecule has 0 atom stereocenters. The van der Waals surface area contributed by atoms with Gasteiger partial charge in [0.15, 0.2) is 11.5 Å². The van der Waals surface area contributed by atoms with Gasteiger partial charge in [0.05, 0.1) is 23.3 Å². The fourth-order valence-corrected chi connectivity index (χ4v) is 3.46. The van der Waals surface area contributed by atoms with E-state index in [1.54, 1.807) is 32.9 Å². The minimum atomic E-state index is -1.58. The van der Waals surface area contributed by atoms with E-state index in [4.69, 9.17) is 4.74 Å². The van der Waals surface area contributed by atoms with E-state index in [0.29, 0.717) is 9.75 Å². The first-order chi connectivity index (χ1) is 9.64. The molecule has 1 saturated heterocycles. The SMILES string of the molecule is CC(C)(C)OC(=O)N1CC(F)(c2ccc(C(=O)CBr)s2)C1. The summed E-state index contributed by atoms with van der Waals surface area (Å²) in [7, 11) is 0. The Hall–Kier alpha value is -0.950. The van der Waals surface area contributed by atoms with E-state index in [1.807, 2.05) is 0 Å². The topological polar surface area (TPSA) is 46.6 Å². The van der Waals surface area contributed by atoms with Crippen molar-refractivity contribution in [3.8, 4) is 0 Å². The van der Waals surface area contributed by atoms with Gasteiger partial charge in [0, 0.05) is 4.88 Å². The Kier molecular flexibility index (Phi) is 4.44. The van der Waals surface area contributed by atoms with Gasteiger partial charge >= 0.3 is 6.09 Å². The first-order valence-corrected chi connectivity index (χ1v) is 8.45. The number of ketones is 1. The number of ether oxygens (including phenoxy) is 1. The Balaban J connectivity index is 1.99. The highest BCUT2D eigenvalue weighted by molar-refractivity contribution is 9.09. The third kappa shape index (κ3) is 3.63. The summed E-state index contributed by atoms with van der Waals surface area (Å²) in [4.78, 5) is 25.7. The summed E-state index contributed by atoms with van der Waals surface area (Å²) in [5.74, 6) is -0.0711. The van der Waals surface area contributed by atoms with Crippen LogP contribution in [0.4, 0.5) is 9.18 Å². The largest absolute Gasteiger partial charge is 0.444 e. The molecule has 2 rings (SSSR count). The third-order valence-electron chi connectivity index (χ3n) is 2.98. The summed E-state index contributed by atoms with van der Waals surface area (Å²) in [6.45, 7) is 5.23. The molecular weight excluding hydrogens is 361 g/mol. The van der Waals surface area contributed by atoms with E-state index in [0.717, 1.165) is 11.3 Å². The minimum Gasteiger partial charge on any atom is -0.444 e. The molecule has 21 heavy (non-hydrogen) atoms. The molecule has 4 nitrogen and oxygen atoms in total. The van der Waals surface area contributed by atoms with E-state index in [2.05, 4.69) is 15.9 Å². The van der Waals surface area contributed by atoms with Gasteiger partial charge in [-0.1, -0.05) is 15.9 Å². The molecule has 1 amide bonds. The molecule has 0 aliphatic carbocycles. The molecular formula is C14H17BrFNO3S. The Labute approximate surface area is 135 Å². The normalized spacial score (nSPS) is 17.3. The molecule has 1 aromatic rings. The third-order valence-corrected chi connectivity index (χ3v) is 4.79. The molecule has 1 aromatic heterocycles. The van der Waals surface area contributed by atoms with Gasteiger partial charge < -0.3 is 9.64 Å². The van der Waals surface area contributed by atoms with Crippen LogP contribution < -0.4 is 0 Å². The number of nitrogens with zero attached hydrogens (tertiary/aromatic N) is 1. The number of halogens is 2. The fraction of sp³-hybridized carbons (Fsp3) is 0.571. The van der Waals surface area contributed by atoms with Crippen molar-refractivity contribution in [2.24, 2.45) is 0 Å². The van der Waals surface area contributed by atoms with Crippen molar-refractivity contribution in [1.29, 1.82) is 0 Å². The monoisotopic (exact) mass is 377 g/mol. The van der Waals surface area contributed by atoms with Gasteiger partial charge in [0.1, 0.15) is 5.60 Å². The zero-order valence-corrected chi connectivity index (χ0v) is 14.5. The van der Waals surface area contributed by atoms with Crippen LogP contribution in [0.25, 0.3) is 0 Å². The van der Waals surface area contributed by atoms with Gasteiger partial charge in [-0.2, -0.15) is 0 Å². The number of likely N-dealkylation sites (tertiary alicyclic amines) is 1. The molecule has 1 aliphatic rings. The van der Waals surface area contributed by atoms with Crippen LogP contribution in [0.15, 0.2) is 12.1 Å². The lowest BCUT2D eigenvalue weighted by Gasteiger charge is -2.43. The Morgan fingerprint density at radius 2 is 2.05 bits per heavy atom. The summed E-state index contributed by atoms with van der Waals surface area (Å²) in [6.07, 6.45) is -0.510. The maximum absolute atomic E-state index is 14.7. The predicted octanol–water partition coefficient (Wildman–Crippen LogP) is 3.74. The molecule has 0 N–H and O–H groups in total. The van der Waals surface area contributed by atoms with Gasteiger partial charge in [0.25, 0.3) is 0 Å². The standard InChI is InChI=1S/C14H17BrFNO3S/c1-13(2,3)20-12(19)17-7-14(16,8-17)11-5-4-10(21-11)9(18)6-15/h4-5H,6-8H2,1-3H3. The molecule has 0 aromatic carbocycles. The van der Waals surface area contributed by atoms with Crippen LogP contribution in [-0.2, 0) is 10.4 Å². The average Bonchev–Trinajstić information content (AvgIpc) is 2.81. The van der Waals surface area contributed by atoms with Crippen LogP contribution in [0.2, 0.25) is 0 Å². The van der Waals surface area contributed by atoms with Gasteiger partial charge in [-0.3, -0.25) is 4.79 Å². The lowest BCUT2D eigenvalue weighted by Crippen LogP contribution is -2.59. The molecule has 7 heteroatoms. The van der Waals surface area contributed by atoms with Crippen molar-refractivity contribution < 1.29 is 18.7 Å². The predicted molar refractivity (Wildman–Crippen MR) is 83.0 cm³/mol. The van der Waals surface area contributed by atoms with Gasteiger partial charge in [-0.25, -0.2) is 9.18 Å². The lowest BCUT2D eigenvalue weighted by molar-refractivity contribution is -0.0521. The van der Waals surface area contributed by atoms with E-state index >= 15 is 0 Å². The van der Waals surface area contributed by atoms with Gasteiger partial charge in [0.2, 0.25) is 0 Å². The molecule has 2 heterocycles. The number of amides is 1. The van der Waals surface area contributed by atoms with E-state index < -0.39 is 17.4 Å². The second kappa shape index (κ2) is 5.68. The van der Waals surface area contributed by atoms with Crippen molar-refractivity contribution in [2.45, 2.75) is 32.0 Å². The maximum Gasteiger partial charge on any atom is 0.410 e. The fourth-order valence-electron chi connectivity index (χ4n) is 1.96. The molecule has 1 fully saturated rings. The molecule has 0 unspecified atom stereocenters. The summed E-state index contributed by atoms with van der Waals surface area (Å²) >= 11 is 4.23. The van der Waals surface area contributed by atoms with Crippen LogP contribution in [0.3, 0.4) is 0 Å². The van der Waals surface area contributed by atoms with Crippen molar-refractivity contribution in [3.05, 3.63) is 21.9 Å². The van der Waals surface area contributed by atoms with E-state index in [-0.39, 0.29) is 24.2 Å². The maximum atomic E-state index is 14.7. The molecule has 0 spiro atoms. The average molecular weight is 378 g/mol. The van der Waals surface area contributed by atoms with Crippen LogP contribution in [0, 0.1) is 0 Å².